The third-order valence-electron chi connectivity index (χ3n) is 13.4. The smallest absolute Gasteiger partial charge is 0.254 e. The lowest BCUT2D eigenvalue weighted by atomic mass is 9.85. The van der Waals surface area contributed by atoms with Gasteiger partial charge in [0.15, 0.2) is 9.84 Å². The van der Waals surface area contributed by atoms with Crippen LogP contribution in [0.15, 0.2) is 53.9 Å². The van der Waals surface area contributed by atoms with Crippen molar-refractivity contribution in [3.63, 3.8) is 0 Å². The summed E-state index contributed by atoms with van der Waals surface area (Å²) >= 11 is 0. The molecule has 2 aliphatic rings. The SMILES string of the molecule is CN[C@@H](C)C(=O)N[C@H](C(=O)N1C[C@@H](NC(=O)c2cnc(N3CCN(CCOc4cc5ncnc(Cc6n[nH]c(C)c6C)c5cc4S(=O)(=O)C(C)(C)C)CC3)nc2)C[C@H]1C(=O)Nc1c(F)cccc1F)C(C)(C)C. The van der Waals surface area contributed by atoms with Crippen LogP contribution in [-0.2, 0) is 30.6 Å². The molecule has 2 aliphatic heterocycles. The van der Waals surface area contributed by atoms with Gasteiger partial charge in [-0.2, -0.15) is 5.10 Å². The van der Waals surface area contributed by atoms with Gasteiger partial charge in [-0.1, -0.05) is 26.8 Å². The Balaban J connectivity index is 0.979. The summed E-state index contributed by atoms with van der Waals surface area (Å²) in [6.07, 6.45) is 4.51. The molecule has 23 heteroatoms. The highest BCUT2D eigenvalue weighted by atomic mass is 32.2. The molecule has 2 saturated heterocycles. The number of hydrogen-bond acceptors (Lipinski definition) is 15. The Morgan fingerprint density at radius 2 is 1.60 bits per heavy atom. The van der Waals surface area contributed by atoms with Crippen LogP contribution in [0.4, 0.5) is 20.4 Å². The molecule has 3 aromatic heterocycles. The number of carbonyl (C=O) groups is 4. The summed E-state index contributed by atoms with van der Waals surface area (Å²) in [5.41, 5.74) is 2.58. The summed E-state index contributed by atoms with van der Waals surface area (Å²) < 4.78 is 62.5. The fourth-order valence-electron chi connectivity index (χ4n) is 8.57. The number of rotatable bonds is 16. The zero-order chi connectivity index (χ0) is 53.2. The molecule has 5 heterocycles. The first-order chi connectivity index (χ1) is 34.4. The summed E-state index contributed by atoms with van der Waals surface area (Å²) in [6, 6.07) is 2.61. The van der Waals surface area contributed by atoms with E-state index < -0.39 is 85.1 Å². The maximum absolute atomic E-state index is 14.7. The van der Waals surface area contributed by atoms with Crippen molar-refractivity contribution in [3.8, 4) is 5.75 Å². The predicted molar refractivity (Wildman–Crippen MR) is 270 cm³/mol. The van der Waals surface area contributed by atoms with Gasteiger partial charge in [-0.15, -0.1) is 0 Å². The number of H-pyrrole nitrogens is 1. The number of halogens is 2. The van der Waals surface area contributed by atoms with Crippen LogP contribution in [0, 0.1) is 30.9 Å². The molecule has 2 aromatic carbocycles. The molecule has 392 valence electrons. The normalized spacial score (nSPS) is 17.6. The van der Waals surface area contributed by atoms with Crippen molar-refractivity contribution in [1.29, 1.82) is 0 Å². The second-order valence-corrected chi connectivity index (χ2v) is 23.3. The van der Waals surface area contributed by atoms with E-state index in [-0.39, 0.29) is 35.8 Å². The molecule has 0 unspecified atom stereocenters. The van der Waals surface area contributed by atoms with Gasteiger partial charge >= 0.3 is 0 Å². The summed E-state index contributed by atoms with van der Waals surface area (Å²) in [5, 5.41) is 18.8. The Morgan fingerprint density at radius 3 is 2.21 bits per heavy atom. The second kappa shape index (κ2) is 21.8. The van der Waals surface area contributed by atoms with Gasteiger partial charge < -0.3 is 35.8 Å². The van der Waals surface area contributed by atoms with E-state index in [1.165, 1.54) is 23.6 Å². The zero-order valence-corrected chi connectivity index (χ0v) is 43.7. The number of nitrogens with one attached hydrogen (secondary N) is 5. The number of carbonyl (C=O) groups excluding carboxylic acids is 4. The lowest BCUT2D eigenvalue weighted by Gasteiger charge is -2.36. The fourth-order valence-corrected chi connectivity index (χ4v) is 9.89. The molecule has 4 amide bonds. The van der Waals surface area contributed by atoms with Crippen LogP contribution in [0.25, 0.3) is 10.9 Å². The van der Waals surface area contributed by atoms with Crippen LogP contribution in [0.2, 0.25) is 0 Å². The van der Waals surface area contributed by atoms with Gasteiger partial charge in [0.25, 0.3) is 5.91 Å². The molecule has 5 aromatic rings. The molecule has 0 aliphatic carbocycles. The Labute approximate surface area is 423 Å². The quantitative estimate of drug-likeness (QED) is 0.0941. The maximum Gasteiger partial charge on any atom is 0.254 e. The summed E-state index contributed by atoms with van der Waals surface area (Å²) in [6.45, 7) is 18.6. The number of benzene rings is 2. The van der Waals surface area contributed by atoms with Crippen molar-refractivity contribution in [2.24, 2.45) is 5.41 Å². The molecule has 4 atom stereocenters. The van der Waals surface area contributed by atoms with E-state index in [0.717, 1.165) is 35.2 Å². The molecule has 5 N–H and O–H groups in total. The number of ether oxygens (including phenoxy) is 1. The monoisotopic (exact) mass is 1030 g/mol. The number of sulfone groups is 1. The number of aromatic amines is 1. The first-order valence-corrected chi connectivity index (χ1v) is 25.6. The van der Waals surface area contributed by atoms with Gasteiger partial charge in [0.1, 0.15) is 53.0 Å². The van der Waals surface area contributed by atoms with E-state index in [1.54, 1.807) is 67.6 Å². The highest BCUT2D eigenvalue weighted by Gasteiger charge is 2.46. The van der Waals surface area contributed by atoms with Crippen molar-refractivity contribution in [1.82, 2.24) is 55.9 Å². The third-order valence-corrected chi connectivity index (χ3v) is 16.0. The van der Waals surface area contributed by atoms with Gasteiger partial charge in [0.05, 0.1) is 33.3 Å². The van der Waals surface area contributed by atoms with Crippen LogP contribution in [0.3, 0.4) is 0 Å². The molecule has 7 rings (SSSR count). The van der Waals surface area contributed by atoms with Crippen LogP contribution < -0.4 is 30.9 Å². The first kappa shape index (κ1) is 54.1. The molecule has 0 saturated carbocycles. The molecule has 20 nitrogen and oxygen atoms in total. The molecule has 2 fully saturated rings. The molecule has 73 heavy (non-hydrogen) atoms. The van der Waals surface area contributed by atoms with Crippen LogP contribution in [0.1, 0.15) is 87.9 Å². The highest BCUT2D eigenvalue weighted by molar-refractivity contribution is 7.92. The highest BCUT2D eigenvalue weighted by Crippen LogP contribution is 2.36. The molecular weight excluding hydrogens is 965 g/mol. The number of likely N-dealkylation sites (N-methyl/N-ethyl adjacent to an activating group) is 1. The van der Waals surface area contributed by atoms with E-state index in [1.807, 2.05) is 18.7 Å². The molecule has 0 bridgehead atoms. The molecule has 0 spiro atoms. The topological polar surface area (TPSA) is 250 Å². The number of aryl methyl sites for hydroxylation is 1. The number of fused-ring (bicyclic) bond motifs is 1. The van der Waals surface area contributed by atoms with Gasteiger partial charge in [-0.3, -0.25) is 29.2 Å². The third kappa shape index (κ3) is 12.1. The average Bonchev–Trinajstić information content (AvgIpc) is 3.91. The fraction of sp³-hybridized carbons (Fsp3) is 0.500. The number of aromatic nitrogens is 6. The summed E-state index contributed by atoms with van der Waals surface area (Å²) in [7, 11) is -2.26. The van der Waals surface area contributed by atoms with Crippen LogP contribution in [-0.4, -0.2) is 154 Å². The van der Waals surface area contributed by atoms with E-state index >= 15 is 0 Å². The minimum absolute atomic E-state index is 0.0653. The average molecular weight is 1030 g/mol. The van der Waals surface area contributed by atoms with E-state index in [4.69, 9.17) is 4.74 Å². The van der Waals surface area contributed by atoms with Gasteiger partial charge in [-0.05, 0) is 84.2 Å². The van der Waals surface area contributed by atoms with Crippen LogP contribution in [0.5, 0.6) is 5.75 Å². The number of hydrogen-bond donors (Lipinski definition) is 5. The predicted octanol–water partition coefficient (Wildman–Crippen LogP) is 3.88. The summed E-state index contributed by atoms with van der Waals surface area (Å²) in [5.74, 6) is -3.91. The number of piperazine rings is 1. The van der Waals surface area contributed by atoms with Crippen molar-refractivity contribution >= 4 is 56.0 Å². The van der Waals surface area contributed by atoms with Crippen LogP contribution >= 0.6 is 0 Å². The van der Waals surface area contributed by atoms with E-state index in [0.29, 0.717) is 61.7 Å². The minimum atomic E-state index is -3.86. The Bertz CT molecular complexity index is 2950. The first-order valence-electron chi connectivity index (χ1n) is 24.2. The number of anilines is 2. The Kier molecular flexibility index (Phi) is 16.1. The van der Waals surface area contributed by atoms with Gasteiger partial charge in [0.2, 0.25) is 23.7 Å². The molecular formula is C50H65F2N13O7S. The van der Waals surface area contributed by atoms with E-state index in [9.17, 15) is 36.4 Å². The Morgan fingerprint density at radius 1 is 0.932 bits per heavy atom. The summed E-state index contributed by atoms with van der Waals surface area (Å²) in [4.78, 5) is 78.1. The van der Waals surface area contributed by atoms with E-state index in [2.05, 4.69) is 56.3 Å². The maximum atomic E-state index is 14.7. The zero-order valence-electron chi connectivity index (χ0n) is 42.9. The van der Waals surface area contributed by atoms with Crippen molar-refractivity contribution in [2.75, 3.05) is 63.1 Å². The number of nitrogens with zero attached hydrogens (tertiary/aromatic N) is 8. The number of likely N-dealkylation sites (tertiary alicyclic amines) is 1. The minimum Gasteiger partial charge on any atom is -0.491 e. The standard InChI is InChI=1S/C50H65F2N13O7S/c1-28-29(2)61-62-36(28)22-37-33-21-41(73(70,71)50(7,8)9)40(23-38(33)57-27-56-37)72-19-18-63-14-16-64(17-15-63)48-54-24-31(25-55-48)45(67)58-32-20-39(46(68)59-42-34(51)12-11-13-35(42)52)65(26-32)47(69)43(49(4,5)6)60-44(66)30(3)53-10/h11-13,21,23-25,27,30,32,39,43,53H,14-20,22,26H2,1-10H3,(H,58,67)(H,59,68)(H,60,66)(H,61,62)/t30-,32-,39-,43+/m0/s1. The van der Waals surface area contributed by atoms with Crippen molar-refractivity contribution in [3.05, 3.63) is 88.9 Å². The molecule has 0 radical (unpaired) electrons. The number of amides is 4. The van der Waals surface area contributed by atoms with Crippen molar-refractivity contribution < 1.29 is 41.1 Å². The lowest BCUT2D eigenvalue weighted by Crippen LogP contribution is -2.59. The lowest BCUT2D eigenvalue weighted by molar-refractivity contribution is -0.143. The Hall–Kier alpha value is -6.72. The van der Waals surface area contributed by atoms with Gasteiger partial charge in [-0.25, -0.2) is 37.1 Å². The number of para-hydroxylation sites is 1. The van der Waals surface area contributed by atoms with Crippen molar-refractivity contribution in [2.45, 2.75) is 109 Å². The second-order valence-electron chi connectivity index (χ2n) is 20.6. The largest absolute Gasteiger partial charge is 0.491 e. The van der Waals surface area contributed by atoms with Gasteiger partial charge in [0, 0.05) is 81.3 Å².